The van der Waals surface area contributed by atoms with Crippen molar-refractivity contribution in [3.05, 3.63) is 0 Å². The summed E-state index contributed by atoms with van der Waals surface area (Å²) < 4.78 is 18.9. The van der Waals surface area contributed by atoms with Gasteiger partial charge >= 0.3 is 6.09 Å². The molecule has 0 aromatic heterocycles. The first kappa shape index (κ1) is 11.6. The van der Waals surface area contributed by atoms with E-state index in [1.54, 1.807) is 0 Å². The van der Waals surface area contributed by atoms with E-state index in [0.717, 1.165) is 13.0 Å². The molecule has 0 spiro atoms. The van der Waals surface area contributed by atoms with Gasteiger partial charge in [-0.15, -0.1) is 0 Å². The number of rotatable bonds is 0. The number of hydrogen-bond acceptors (Lipinski definition) is 3. The molecule has 2 fully saturated rings. The van der Waals surface area contributed by atoms with Crippen molar-refractivity contribution in [1.29, 1.82) is 0 Å². The SMILES string of the molecule is CC(C)(C)OC(=O)N1C[C@@H](F)[C@H]2NCC[C@H]21. The molecule has 1 amide bonds. The molecule has 0 bridgehead atoms. The highest BCUT2D eigenvalue weighted by Crippen LogP contribution is 2.28. The minimum Gasteiger partial charge on any atom is -0.444 e. The van der Waals surface area contributed by atoms with E-state index < -0.39 is 17.9 Å². The Kier molecular flexibility index (Phi) is 2.82. The van der Waals surface area contributed by atoms with E-state index in [1.165, 1.54) is 4.90 Å². The van der Waals surface area contributed by atoms with Gasteiger partial charge in [0.2, 0.25) is 0 Å². The summed E-state index contributed by atoms with van der Waals surface area (Å²) in [5, 5.41) is 3.09. The van der Waals surface area contributed by atoms with Gasteiger partial charge < -0.3 is 15.0 Å². The monoisotopic (exact) mass is 230 g/mol. The Morgan fingerprint density at radius 3 is 2.81 bits per heavy atom. The minimum atomic E-state index is -0.972. The molecule has 16 heavy (non-hydrogen) atoms. The Labute approximate surface area is 95.1 Å². The summed E-state index contributed by atoms with van der Waals surface area (Å²) in [6.45, 7) is 6.38. The molecular weight excluding hydrogens is 211 g/mol. The van der Waals surface area contributed by atoms with Gasteiger partial charge in [0.15, 0.2) is 0 Å². The zero-order valence-electron chi connectivity index (χ0n) is 10.00. The maximum Gasteiger partial charge on any atom is 0.410 e. The fraction of sp³-hybridized carbons (Fsp3) is 0.909. The highest BCUT2D eigenvalue weighted by atomic mass is 19.1. The summed E-state index contributed by atoms with van der Waals surface area (Å²) in [5.74, 6) is 0. The number of fused-ring (bicyclic) bond motifs is 1. The van der Waals surface area contributed by atoms with Crippen LogP contribution in [0.3, 0.4) is 0 Å². The third-order valence-electron chi connectivity index (χ3n) is 3.02. The number of amides is 1. The summed E-state index contributed by atoms with van der Waals surface area (Å²) >= 11 is 0. The van der Waals surface area contributed by atoms with Crippen molar-refractivity contribution in [3.8, 4) is 0 Å². The van der Waals surface area contributed by atoms with Gasteiger partial charge in [0.25, 0.3) is 0 Å². The molecule has 2 heterocycles. The molecule has 2 aliphatic rings. The molecule has 5 heteroatoms. The number of nitrogens with one attached hydrogen (secondary N) is 1. The second-order valence-corrected chi connectivity index (χ2v) is 5.48. The average molecular weight is 230 g/mol. The van der Waals surface area contributed by atoms with Gasteiger partial charge in [-0.2, -0.15) is 0 Å². The molecule has 2 rings (SSSR count). The number of alkyl halides is 1. The number of ether oxygens (including phenoxy) is 1. The lowest BCUT2D eigenvalue weighted by Gasteiger charge is -2.27. The van der Waals surface area contributed by atoms with Gasteiger partial charge in [-0.05, 0) is 33.7 Å². The molecule has 0 saturated carbocycles. The first-order valence-electron chi connectivity index (χ1n) is 5.75. The highest BCUT2D eigenvalue weighted by molar-refractivity contribution is 5.69. The molecule has 0 aliphatic carbocycles. The average Bonchev–Trinajstić information content (AvgIpc) is 2.66. The van der Waals surface area contributed by atoms with Crippen LogP contribution >= 0.6 is 0 Å². The Balaban J connectivity index is 2.02. The van der Waals surface area contributed by atoms with Gasteiger partial charge in [0.1, 0.15) is 11.8 Å². The van der Waals surface area contributed by atoms with Crippen molar-refractivity contribution in [2.24, 2.45) is 0 Å². The molecule has 92 valence electrons. The van der Waals surface area contributed by atoms with Gasteiger partial charge in [-0.25, -0.2) is 9.18 Å². The van der Waals surface area contributed by atoms with E-state index >= 15 is 0 Å². The maximum absolute atomic E-state index is 13.6. The van der Waals surface area contributed by atoms with Crippen LogP contribution in [0.4, 0.5) is 9.18 Å². The van der Waals surface area contributed by atoms with E-state index in [-0.39, 0.29) is 18.6 Å². The highest BCUT2D eigenvalue weighted by Gasteiger charge is 2.47. The van der Waals surface area contributed by atoms with Crippen LogP contribution in [0, 0.1) is 0 Å². The Morgan fingerprint density at radius 1 is 1.50 bits per heavy atom. The lowest BCUT2D eigenvalue weighted by atomic mass is 10.1. The molecule has 2 aliphatic heterocycles. The third kappa shape index (κ3) is 2.14. The van der Waals surface area contributed by atoms with Crippen molar-refractivity contribution < 1.29 is 13.9 Å². The topological polar surface area (TPSA) is 41.6 Å². The fourth-order valence-corrected chi connectivity index (χ4v) is 2.40. The maximum atomic E-state index is 13.6. The lowest BCUT2D eigenvalue weighted by molar-refractivity contribution is 0.0219. The second-order valence-electron chi connectivity index (χ2n) is 5.48. The quantitative estimate of drug-likeness (QED) is 0.682. The predicted octanol–water partition coefficient (Wildman–Crippen LogP) is 1.31. The fourth-order valence-electron chi connectivity index (χ4n) is 2.40. The predicted molar refractivity (Wildman–Crippen MR) is 58.0 cm³/mol. The van der Waals surface area contributed by atoms with Gasteiger partial charge in [0.05, 0.1) is 18.6 Å². The van der Waals surface area contributed by atoms with Crippen molar-refractivity contribution in [2.45, 2.75) is 51.0 Å². The Bertz CT molecular complexity index is 290. The molecule has 3 atom stereocenters. The number of likely N-dealkylation sites (tertiary alicyclic amines) is 1. The molecule has 0 aromatic carbocycles. The third-order valence-corrected chi connectivity index (χ3v) is 3.02. The molecule has 0 unspecified atom stereocenters. The second kappa shape index (κ2) is 3.87. The number of carbonyl (C=O) groups is 1. The zero-order chi connectivity index (χ0) is 11.9. The van der Waals surface area contributed by atoms with E-state index in [1.807, 2.05) is 20.8 Å². The molecule has 4 nitrogen and oxygen atoms in total. The van der Waals surface area contributed by atoms with Crippen molar-refractivity contribution in [2.75, 3.05) is 13.1 Å². The summed E-state index contributed by atoms with van der Waals surface area (Å²) in [6, 6.07) is -0.239. The Morgan fingerprint density at radius 2 is 2.19 bits per heavy atom. The van der Waals surface area contributed by atoms with Crippen LogP contribution in [0.5, 0.6) is 0 Å². The van der Waals surface area contributed by atoms with Crippen LogP contribution < -0.4 is 5.32 Å². The minimum absolute atomic E-state index is 0.0372. The number of halogens is 1. The van der Waals surface area contributed by atoms with Crippen LogP contribution in [-0.4, -0.2) is 47.9 Å². The first-order valence-corrected chi connectivity index (χ1v) is 5.75. The summed E-state index contributed by atoms with van der Waals surface area (Å²) in [7, 11) is 0. The largest absolute Gasteiger partial charge is 0.444 e. The van der Waals surface area contributed by atoms with Crippen molar-refractivity contribution in [3.63, 3.8) is 0 Å². The number of hydrogen-bond donors (Lipinski definition) is 1. The van der Waals surface area contributed by atoms with Crippen molar-refractivity contribution in [1.82, 2.24) is 10.2 Å². The lowest BCUT2D eigenvalue weighted by Crippen LogP contribution is -2.41. The first-order chi connectivity index (χ1) is 7.38. The van der Waals surface area contributed by atoms with E-state index in [2.05, 4.69) is 5.32 Å². The normalized spacial score (nSPS) is 34.0. The van der Waals surface area contributed by atoms with Gasteiger partial charge in [-0.3, -0.25) is 0 Å². The molecule has 0 aromatic rings. The Hall–Kier alpha value is -0.840. The van der Waals surface area contributed by atoms with Crippen LogP contribution in [-0.2, 0) is 4.74 Å². The number of carbonyl (C=O) groups excluding carboxylic acids is 1. The van der Waals surface area contributed by atoms with Gasteiger partial charge in [0, 0.05) is 0 Å². The molecular formula is C11H19FN2O2. The molecule has 2 saturated heterocycles. The van der Waals surface area contributed by atoms with E-state index in [4.69, 9.17) is 4.74 Å². The van der Waals surface area contributed by atoms with Crippen LogP contribution in [0.25, 0.3) is 0 Å². The summed E-state index contributed by atoms with van der Waals surface area (Å²) in [5.41, 5.74) is -0.521. The number of nitrogens with zero attached hydrogens (tertiary/aromatic N) is 1. The zero-order valence-corrected chi connectivity index (χ0v) is 10.00. The van der Waals surface area contributed by atoms with Gasteiger partial charge in [-0.1, -0.05) is 0 Å². The van der Waals surface area contributed by atoms with Crippen LogP contribution in [0.1, 0.15) is 27.2 Å². The summed E-state index contributed by atoms with van der Waals surface area (Å²) in [6.07, 6.45) is -0.559. The standard InChI is InChI=1S/C11H19FN2O2/c1-11(2,3)16-10(15)14-6-7(12)9-8(14)4-5-13-9/h7-9,13H,4-6H2,1-3H3/t7-,8-,9-/m1/s1. The van der Waals surface area contributed by atoms with Crippen LogP contribution in [0.15, 0.2) is 0 Å². The van der Waals surface area contributed by atoms with E-state index in [0.29, 0.717) is 0 Å². The molecule has 1 N–H and O–H groups in total. The van der Waals surface area contributed by atoms with E-state index in [9.17, 15) is 9.18 Å². The molecule has 0 radical (unpaired) electrons. The van der Waals surface area contributed by atoms with Crippen LogP contribution in [0.2, 0.25) is 0 Å². The van der Waals surface area contributed by atoms with Crippen molar-refractivity contribution >= 4 is 6.09 Å². The smallest absolute Gasteiger partial charge is 0.410 e. The summed E-state index contributed by atoms with van der Waals surface area (Å²) in [4.78, 5) is 13.4.